The van der Waals surface area contributed by atoms with Crippen LogP contribution in [0.4, 0.5) is 25.0 Å². The lowest BCUT2D eigenvalue weighted by atomic mass is 10.2. The Bertz CT molecular complexity index is 826. The first-order valence-electron chi connectivity index (χ1n) is 7.84. The molecule has 0 bridgehead atoms. The Hall–Kier alpha value is -2.96. The molecule has 1 aliphatic heterocycles. The number of nitrogens with one attached hydrogen (secondary N) is 2. The smallest absolute Gasteiger partial charge is 0.319 e. The molecule has 1 atom stereocenters. The van der Waals surface area contributed by atoms with E-state index in [-0.39, 0.29) is 11.7 Å². The van der Waals surface area contributed by atoms with Crippen molar-refractivity contribution in [1.29, 1.82) is 0 Å². The van der Waals surface area contributed by atoms with Crippen molar-refractivity contribution in [2.24, 2.45) is 0 Å². The van der Waals surface area contributed by atoms with Crippen molar-refractivity contribution in [1.82, 2.24) is 5.32 Å². The number of carbonyl (C=O) groups is 2. The van der Waals surface area contributed by atoms with Crippen LogP contribution < -0.4 is 15.5 Å². The molecule has 2 aromatic carbocycles. The summed E-state index contributed by atoms with van der Waals surface area (Å²) in [5, 5.41) is 5.08. The van der Waals surface area contributed by atoms with Crippen molar-refractivity contribution in [2.75, 3.05) is 16.8 Å². The summed E-state index contributed by atoms with van der Waals surface area (Å²) >= 11 is 0. The van der Waals surface area contributed by atoms with Gasteiger partial charge in [-0.1, -0.05) is 6.07 Å². The summed E-state index contributed by atoms with van der Waals surface area (Å²) < 4.78 is 26.5. The molecule has 130 valence electrons. The fraction of sp³-hybridized carbons (Fsp3) is 0.222. The lowest BCUT2D eigenvalue weighted by molar-refractivity contribution is -0.118. The van der Waals surface area contributed by atoms with Gasteiger partial charge in [0.2, 0.25) is 5.91 Å². The molecular weight excluding hydrogens is 328 g/mol. The Morgan fingerprint density at radius 3 is 2.72 bits per heavy atom. The molecule has 3 amide bonds. The fourth-order valence-corrected chi connectivity index (χ4v) is 2.76. The number of urea groups is 1. The minimum absolute atomic E-state index is 0.264. The van der Waals surface area contributed by atoms with Gasteiger partial charge in [0.05, 0.1) is 0 Å². The third-order valence-electron chi connectivity index (χ3n) is 4.05. The van der Waals surface area contributed by atoms with Crippen LogP contribution in [0.15, 0.2) is 42.5 Å². The average molecular weight is 345 g/mol. The largest absolute Gasteiger partial charge is 0.326 e. The van der Waals surface area contributed by atoms with Crippen molar-refractivity contribution in [3.63, 3.8) is 0 Å². The third-order valence-corrected chi connectivity index (χ3v) is 4.05. The summed E-state index contributed by atoms with van der Waals surface area (Å²) in [6.45, 7) is 2.05. The number of nitrogens with zero attached hydrogens (tertiary/aromatic N) is 1. The molecule has 0 aliphatic carbocycles. The number of rotatable bonds is 3. The van der Waals surface area contributed by atoms with Crippen molar-refractivity contribution < 1.29 is 18.4 Å². The normalized spacial score (nSPS) is 16.8. The van der Waals surface area contributed by atoms with Crippen LogP contribution in [0.25, 0.3) is 0 Å². The topological polar surface area (TPSA) is 61.4 Å². The number of carbonyl (C=O) groups excluding carboxylic acids is 2. The lowest BCUT2D eigenvalue weighted by Crippen LogP contribution is -2.43. The van der Waals surface area contributed by atoms with Crippen molar-refractivity contribution >= 4 is 23.3 Å². The number of anilines is 2. The minimum Gasteiger partial charge on any atom is -0.326 e. The molecule has 7 heteroatoms. The molecule has 0 saturated carbocycles. The number of amides is 3. The quantitative estimate of drug-likeness (QED) is 0.897. The molecular formula is C18H17F2N3O2. The van der Waals surface area contributed by atoms with E-state index in [2.05, 4.69) is 10.6 Å². The first-order chi connectivity index (χ1) is 11.9. The molecule has 0 unspecified atom stereocenters. The SMILES string of the molecule is Cc1cc(N2CC[C@@H](NC(=O)Nc3cccc(F)c3)C2=O)ccc1F. The van der Waals surface area contributed by atoms with Crippen LogP contribution in [0.1, 0.15) is 12.0 Å². The van der Waals surface area contributed by atoms with Gasteiger partial charge in [0.25, 0.3) is 0 Å². The van der Waals surface area contributed by atoms with Crippen molar-refractivity contribution in [2.45, 2.75) is 19.4 Å². The number of hydrogen-bond donors (Lipinski definition) is 2. The van der Waals surface area contributed by atoms with E-state index in [1.54, 1.807) is 19.1 Å². The first-order valence-corrected chi connectivity index (χ1v) is 7.84. The Balaban J connectivity index is 1.63. The maximum absolute atomic E-state index is 13.4. The van der Waals surface area contributed by atoms with E-state index in [1.807, 2.05) is 0 Å². The van der Waals surface area contributed by atoms with Gasteiger partial charge in [0.1, 0.15) is 17.7 Å². The van der Waals surface area contributed by atoms with Gasteiger partial charge in [-0.05, 0) is 55.3 Å². The molecule has 0 spiro atoms. The van der Waals surface area contributed by atoms with Crippen molar-refractivity contribution in [3.05, 3.63) is 59.7 Å². The highest BCUT2D eigenvalue weighted by molar-refractivity contribution is 6.02. The molecule has 25 heavy (non-hydrogen) atoms. The molecule has 1 aliphatic rings. The van der Waals surface area contributed by atoms with E-state index in [0.717, 1.165) is 0 Å². The standard InChI is InChI=1S/C18H17F2N3O2/c1-11-9-14(5-6-15(11)20)23-8-7-16(17(23)24)22-18(25)21-13-4-2-3-12(19)10-13/h2-6,9-10,16H,7-8H2,1H3,(H2,21,22,25)/t16-/m1/s1. The Kier molecular flexibility index (Phi) is 4.65. The highest BCUT2D eigenvalue weighted by Gasteiger charge is 2.33. The van der Waals surface area contributed by atoms with Crippen molar-refractivity contribution in [3.8, 4) is 0 Å². The predicted molar refractivity (Wildman–Crippen MR) is 90.4 cm³/mol. The monoisotopic (exact) mass is 345 g/mol. The van der Waals surface area contributed by atoms with E-state index in [0.29, 0.717) is 29.9 Å². The van der Waals surface area contributed by atoms with Gasteiger partial charge in [-0.3, -0.25) is 4.79 Å². The molecule has 3 rings (SSSR count). The molecule has 2 aromatic rings. The van der Waals surface area contributed by atoms with Crippen LogP contribution in [0.3, 0.4) is 0 Å². The van der Waals surface area contributed by atoms with Crippen LogP contribution in [-0.4, -0.2) is 24.5 Å². The predicted octanol–water partition coefficient (Wildman–Crippen LogP) is 3.20. The molecule has 1 heterocycles. The summed E-state index contributed by atoms with van der Waals surface area (Å²) in [5.74, 6) is -1.06. The molecule has 0 aromatic heterocycles. The lowest BCUT2D eigenvalue weighted by Gasteiger charge is -2.18. The summed E-state index contributed by atoms with van der Waals surface area (Å²) in [4.78, 5) is 26.0. The molecule has 2 N–H and O–H groups in total. The number of benzene rings is 2. The molecule has 1 fully saturated rings. The highest BCUT2D eigenvalue weighted by atomic mass is 19.1. The van der Waals surface area contributed by atoms with Gasteiger partial charge in [0.15, 0.2) is 0 Å². The van der Waals surface area contributed by atoms with Crippen LogP contribution in [0, 0.1) is 18.6 Å². The summed E-state index contributed by atoms with van der Waals surface area (Å²) in [7, 11) is 0. The van der Waals surface area contributed by atoms with Gasteiger partial charge >= 0.3 is 6.03 Å². The molecule has 5 nitrogen and oxygen atoms in total. The van der Waals surface area contributed by atoms with E-state index >= 15 is 0 Å². The number of hydrogen-bond acceptors (Lipinski definition) is 2. The Morgan fingerprint density at radius 2 is 2.00 bits per heavy atom. The van der Waals surface area contributed by atoms with Crippen LogP contribution in [0.5, 0.6) is 0 Å². The van der Waals surface area contributed by atoms with E-state index in [4.69, 9.17) is 0 Å². The van der Waals surface area contributed by atoms with Crippen LogP contribution in [-0.2, 0) is 4.79 Å². The Labute approximate surface area is 143 Å². The zero-order valence-corrected chi connectivity index (χ0v) is 13.6. The number of aryl methyl sites for hydroxylation is 1. The van der Waals surface area contributed by atoms with Gasteiger partial charge in [0, 0.05) is 17.9 Å². The van der Waals surface area contributed by atoms with Crippen LogP contribution >= 0.6 is 0 Å². The van der Waals surface area contributed by atoms with Gasteiger partial charge in [-0.25, -0.2) is 13.6 Å². The van der Waals surface area contributed by atoms with E-state index < -0.39 is 17.9 Å². The Morgan fingerprint density at radius 1 is 1.20 bits per heavy atom. The zero-order valence-electron chi connectivity index (χ0n) is 13.6. The second-order valence-electron chi connectivity index (χ2n) is 5.87. The summed E-state index contributed by atoms with van der Waals surface area (Å²) in [5.41, 5.74) is 1.35. The van der Waals surface area contributed by atoms with Crippen LogP contribution in [0.2, 0.25) is 0 Å². The second-order valence-corrected chi connectivity index (χ2v) is 5.87. The van der Waals surface area contributed by atoms with E-state index in [9.17, 15) is 18.4 Å². The zero-order chi connectivity index (χ0) is 18.0. The van der Waals surface area contributed by atoms with E-state index in [1.165, 1.54) is 35.2 Å². The fourth-order valence-electron chi connectivity index (χ4n) is 2.76. The minimum atomic E-state index is -0.682. The maximum Gasteiger partial charge on any atom is 0.319 e. The van der Waals surface area contributed by atoms with Gasteiger partial charge in [-0.2, -0.15) is 0 Å². The first kappa shape index (κ1) is 16.9. The average Bonchev–Trinajstić information content (AvgIpc) is 2.91. The summed E-state index contributed by atoms with van der Waals surface area (Å²) in [6, 6.07) is 8.67. The highest BCUT2D eigenvalue weighted by Crippen LogP contribution is 2.24. The van der Waals surface area contributed by atoms with Gasteiger partial charge < -0.3 is 15.5 Å². The van der Waals surface area contributed by atoms with Gasteiger partial charge in [-0.15, -0.1) is 0 Å². The second kappa shape index (κ2) is 6.88. The maximum atomic E-state index is 13.4. The molecule has 0 radical (unpaired) electrons. The summed E-state index contributed by atoms with van der Waals surface area (Å²) in [6.07, 6.45) is 0.436. The molecule has 1 saturated heterocycles. The third kappa shape index (κ3) is 3.76. The number of halogens is 2.